The average molecular weight is 423 g/mol. The fourth-order valence-corrected chi connectivity index (χ4v) is 3.08. The van der Waals surface area contributed by atoms with E-state index < -0.39 is 0 Å². The van der Waals surface area contributed by atoms with Crippen molar-refractivity contribution in [3.05, 3.63) is 71.7 Å². The second-order valence-electron chi connectivity index (χ2n) is 6.99. The van der Waals surface area contributed by atoms with Gasteiger partial charge < -0.3 is 15.5 Å². The Hall–Kier alpha value is -3.52. The molecule has 0 saturated heterocycles. The van der Waals surface area contributed by atoms with E-state index in [-0.39, 0.29) is 23.3 Å². The van der Waals surface area contributed by atoms with Crippen LogP contribution in [0.4, 0.5) is 10.1 Å². The number of aromatic nitrogens is 2. The molecule has 0 bridgehead atoms. The summed E-state index contributed by atoms with van der Waals surface area (Å²) in [6.45, 7) is 7.45. The molecule has 7 nitrogen and oxygen atoms in total. The molecule has 0 aliphatic heterocycles. The molecule has 0 fully saturated rings. The largest absolute Gasteiger partial charge is 0.351 e. The highest BCUT2D eigenvalue weighted by Crippen LogP contribution is 2.19. The summed E-state index contributed by atoms with van der Waals surface area (Å²) in [5.74, 6) is -0.849. The summed E-state index contributed by atoms with van der Waals surface area (Å²) in [5.41, 5.74) is 2.60. The fraction of sp³-hybridized carbons (Fsp3) is 0.261. The summed E-state index contributed by atoms with van der Waals surface area (Å²) in [4.78, 5) is 27.0. The molecule has 1 aromatic heterocycles. The van der Waals surface area contributed by atoms with Crippen molar-refractivity contribution in [2.45, 2.75) is 13.8 Å². The van der Waals surface area contributed by atoms with Crippen LogP contribution in [0, 0.1) is 5.82 Å². The summed E-state index contributed by atoms with van der Waals surface area (Å²) >= 11 is 0. The normalized spacial score (nSPS) is 10.8. The molecular formula is C23H26FN5O2. The Balaban J connectivity index is 1.55. The van der Waals surface area contributed by atoms with E-state index in [9.17, 15) is 14.0 Å². The highest BCUT2D eigenvalue weighted by molar-refractivity contribution is 6.03. The standard InChI is InChI=1S/C23H26FN5O2/c1-3-29(4-2)14-13-25-22(30)17-7-11-19(12-8-17)26-23(31)21-15-20(27-28-21)16-5-9-18(24)10-6-16/h5-12,15H,3-4,13-14H2,1-2H3,(H,25,30)(H,26,31)(H,27,28). The average Bonchev–Trinajstić information content (AvgIpc) is 3.28. The molecule has 0 radical (unpaired) electrons. The van der Waals surface area contributed by atoms with Crippen LogP contribution < -0.4 is 10.6 Å². The minimum Gasteiger partial charge on any atom is -0.351 e. The van der Waals surface area contributed by atoms with E-state index in [0.29, 0.717) is 29.1 Å². The second kappa shape index (κ2) is 10.5. The first-order valence-corrected chi connectivity index (χ1v) is 10.2. The van der Waals surface area contributed by atoms with Crippen molar-refractivity contribution in [1.82, 2.24) is 20.4 Å². The Labute approximate surface area is 180 Å². The molecule has 0 aliphatic rings. The van der Waals surface area contributed by atoms with Crippen LogP contribution in [0.25, 0.3) is 11.3 Å². The molecule has 0 unspecified atom stereocenters. The SMILES string of the molecule is CCN(CC)CCNC(=O)c1ccc(NC(=O)c2cc(-c3ccc(F)cc3)n[nH]2)cc1. The number of nitrogens with one attached hydrogen (secondary N) is 3. The van der Waals surface area contributed by atoms with Gasteiger partial charge in [0.25, 0.3) is 11.8 Å². The maximum atomic E-state index is 13.1. The number of hydrogen-bond acceptors (Lipinski definition) is 4. The molecule has 3 N–H and O–H groups in total. The molecule has 8 heteroatoms. The van der Waals surface area contributed by atoms with Crippen LogP contribution >= 0.6 is 0 Å². The fourth-order valence-electron chi connectivity index (χ4n) is 3.08. The van der Waals surface area contributed by atoms with E-state index in [1.54, 1.807) is 42.5 Å². The van der Waals surface area contributed by atoms with Crippen LogP contribution in [0.2, 0.25) is 0 Å². The summed E-state index contributed by atoms with van der Waals surface area (Å²) in [6, 6.07) is 14.1. The number of anilines is 1. The number of carbonyl (C=O) groups excluding carboxylic acids is 2. The Morgan fingerprint density at radius 2 is 1.68 bits per heavy atom. The molecule has 2 aromatic carbocycles. The maximum Gasteiger partial charge on any atom is 0.273 e. The maximum absolute atomic E-state index is 13.1. The monoisotopic (exact) mass is 423 g/mol. The van der Waals surface area contributed by atoms with Gasteiger partial charge in [-0.25, -0.2) is 4.39 Å². The van der Waals surface area contributed by atoms with Gasteiger partial charge in [0.05, 0.1) is 5.69 Å². The van der Waals surface area contributed by atoms with Crippen LogP contribution in [0.5, 0.6) is 0 Å². The van der Waals surface area contributed by atoms with Crippen molar-refractivity contribution in [2.75, 3.05) is 31.5 Å². The molecule has 31 heavy (non-hydrogen) atoms. The van der Waals surface area contributed by atoms with Crippen LogP contribution in [0.15, 0.2) is 54.6 Å². The van der Waals surface area contributed by atoms with Crippen molar-refractivity contribution in [2.24, 2.45) is 0 Å². The van der Waals surface area contributed by atoms with Gasteiger partial charge in [-0.05, 0) is 67.7 Å². The molecule has 0 aliphatic carbocycles. The number of amides is 2. The lowest BCUT2D eigenvalue weighted by Crippen LogP contribution is -2.34. The molecular weight excluding hydrogens is 397 g/mol. The number of H-pyrrole nitrogens is 1. The number of carbonyl (C=O) groups is 2. The summed E-state index contributed by atoms with van der Waals surface area (Å²) in [6.07, 6.45) is 0. The zero-order valence-electron chi connectivity index (χ0n) is 17.6. The smallest absolute Gasteiger partial charge is 0.273 e. The third-order valence-corrected chi connectivity index (χ3v) is 4.98. The molecule has 0 atom stereocenters. The van der Waals surface area contributed by atoms with Gasteiger partial charge in [-0.1, -0.05) is 13.8 Å². The zero-order chi connectivity index (χ0) is 22.2. The van der Waals surface area contributed by atoms with Gasteiger partial charge in [0.15, 0.2) is 0 Å². The van der Waals surface area contributed by atoms with E-state index >= 15 is 0 Å². The third kappa shape index (κ3) is 5.99. The number of benzene rings is 2. The minimum absolute atomic E-state index is 0.150. The minimum atomic E-state index is -0.364. The van der Waals surface area contributed by atoms with Gasteiger partial charge in [0, 0.05) is 29.9 Å². The Morgan fingerprint density at radius 3 is 2.32 bits per heavy atom. The first-order chi connectivity index (χ1) is 15.0. The van der Waals surface area contributed by atoms with Crippen LogP contribution in [-0.4, -0.2) is 53.1 Å². The summed E-state index contributed by atoms with van der Waals surface area (Å²) in [7, 11) is 0. The second-order valence-corrected chi connectivity index (χ2v) is 6.99. The number of aromatic amines is 1. The van der Waals surface area contributed by atoms with Crippen molar-refractivity contribution in [3.8, 4) is 11.3 Å². The van der Waals surface area contributed by atoms with Crippen LogP contribution in [0.1, 0.15) is 34.7 Å². The Bertz CT molecular complexity index is 1010. The number of likely N-dealkylation sites (N-methyl/N-ethyl adjacent to an activating group) is 1. The molecule has 162 valence electrons. The van der Waals surface area contributed by atoms with Gasteiger partial charge in [0.2, 0.25) is 0 Å². The molecule has 0 saturated carbocycles. The van der Waals surface area contributed by atoms with Gasteiger partial charge >= 0.3 is 0 Å². The molecule has 3 aromatic rings. The van der Waals surface area contributed by atoms with E-state index in [1.807, 2.05) is 0 Å². The van der Waals surface area contributed by atoms with Crippen LogP contribution in [0.3, 0.4) is 0 Å². The van der Waals surface area contributed by atoms with Crippen molar-refractivity contribution in [3.63, 3.8) is 0 Å². The first-order valence-electron chi connectivity index (χ1n) is 10.2. The molecule has 0 spiro atoms. The predicted octanol–water partition coefficient (Wildman–Crippen LogP) is 3.54. The Morgan fingerprint density at radius 1 is 1.00 bits per heavy atom. The van der Waals surface area contributed by atoms with Gasteiger partial charge in [0.1, 0.15) is 11.5 Å². The zero-order valence-corrected chi connectivity index (χ0v) is 17.6. The number of nitrogens with zero attached hydrogens (tertiary/aromatic N) is 2. The quantitative estimate of drug-likeness (QED) is 0.491. The lowest BCUT2D eigenvalue weighted by Gasteiger charge is -2.17. The summed E-state index contributed by atoms with van der Waals surface area (Å²) < 4.78 is 13.1. The van der Waals surface area contributed by atoms with Crippen LogP contribution in [-0.2, 0) is 0 Å². The molecule has 2 amide bonds. The van der Waals surface area contributed by atoms with Gasteiger partial charge in [-0.2, -0.15) is 5.10 Å². The van der Waals surface area contributed by atoms with Crippen molar-refractivity contribution < 1.29 is 14.0 Å². The topological polar surface area (TPSA) is 90.1 Å². The lowest BCUT2D eigenvalue weighted by atomic mass is 10.1. The predicted molar refractivity (Wildman–Crippen MR) is 118 cm³/mol. The van der Waals surface area contributed by atoms with Gasteiger partial charge in [-0.3, -0.25) is 14.7 Å². The van der Waals surface area contributed by atoms with Crippen molar-refractivity contribution >= 4 is 17.5 Å². The summed E-state index contributed by atoms with van der Waals surface area (Å²) in [5, 5.41) is 12.5. The van der Waals surface area contributed by atoms with E-state index in [4.69, 9.17) is 0 Å². The number of hydrogen-bond donors (Lipinski definition) is 3. The molecule has 1 heterocycles. The Kier molecular flexibility index (Phi) is 7.50. The van der Waals surface area contributed by atoms with Crippen molar-refractivity contribution in [1.29, 1.82) is 0 Å². The third-order valence-electron chi connectivity index (χ3n) is 4.98. The number of rotatable bonds is 9. The lowest BCUT2D eigenvalue weighted by molar-refractivity contribution is 0.0948. The van der Waals surface area contributed by atoms with Gasteiger partial charge in [-0.15, -0.1) is 0 Å². The van der Waals surface area contributed by atoms with E-state index in [0.717, 1.165) is 19.6 Å². The molecule has 3 rings (SSSR count). The van der Waals surface area contributed by atoms with E-state index in [1.165, 1.54) is 12.1 Å². The van der Waals surface area contributed by atoms with E-state index in [2.05, 4.69) is 39.6 Å². The first kappa shape index (κ1) is 22.2. The highest BCUT2D eigenvalue weighted by Gasteiger charge is 2.12. The highest BCUT2D eigenvalue weighted by atomic mass is 19.1. The number of halogens is 1.